The summed E-state index contributed by atoms with van der Waals surface area (Å²) in [5, 5.41) is 5.82. The zero-order valence-corrected chi connectivity index (χ0v) is 17.0. The van der Waals surface area contributed by atoms with Crippen LogP contribution in [0.1, 0.15) is 47.3 Å². The van der Waals surface area contributed by atoms with Crippen LogP contribution in [0.5, 0.6) is 0 Å². The van der Waals surface area contributed by atoms with Gasteiger partial charge < -0.3 is 15.4 Å². The van der Waals surface area contributed by atoms with Crippen molar-refractivity contribution in [2.45, 2.75) is 25.8 Å². The van der Waals surface area contributed by atoms with E-state index in [4.69, 9.17) is 4.74 Å². The molecule has 0 saturated heterocycles. The van der Waals surface area contributed by atoms with E-state index in [2.05, 4.69) is 10.6 Å². The molecule has 3 aromatic carbocycles. The van der Waals surface area contributed by atoms with Crippen molar-refractivity contribution in [1.29, 1.82) is 0 Å². The molecule has 154 valence electrons. The zero-order chi connectivity index (χ0) is 21.2. The number of hydrogen-bond acceptors (Lipinski definition) is 3. The van der Waals surface area contributed by atoms with Crippen LogP contribution in [0.25, 0.3) is 0 Å². The molecule has 2 N–H and O–H groups in total. The van der Waals surface area contributed by atoms with Gasteiger partial charge in [0.15, 0.2) is 0 Å². The molecular formula is C25H26N2O3. The number of esters is 1. The molecule has 2 amide bonds. The molecule has 0 saturated carbocycles. The average Bonchev–Trinajstić information content (AvgIpc) is 2.79. The molecule has 0 aliphatic carbocycles. The van der Waals surface area contributed by atoms with E-state index in [0.29, 0.717) is 17.9 Å². The number of amides is 2. The highest BCUT2D eigenvalue weighted by molar-refractivity contribution is 6.01. The maximum Gasteiger partial charge on any atom is 0.340 e. The lowest BCUT2D eigenvalue weighted by molar-refractivity contribution is 0.0501. The van der Waals surface area contributed by atoms with Crippen molar-refractivity contribution in [3.63, 3.8) is 0 Å². The molecule has 5 heteroatoms. The van der Waals surface area contributed by atoms with Crippen molar-refractivity contribution in [3.05, 3.63) is 102 Å². The fourth-order valence-corrected chi connectivity index (χ4v) is 3.10. The first-order valence-corrected chi connectivity index (χ1v) is 10.1. The molecule has 0 heterocycles. The van der Waals surface area contributed by atoms with Crippen LogP contribution in [0.3, 0.4) is 0 Å². The molecule has 30 heavy (non-hydrogen) atoms. The number of nitrogens with one attached hydrogen (secondary N) is 2. The van der Waals surface area contributed by atoms with E-state index < -0.39 is 12.0 Å². The predicted octanol–water partition coefficient (Wildman–Crippen LogP) is 5.55. The van der Waals surface area contributed by atoms with Crippen molar-refractivity contribution in [1.82, 2.24) is 5.32 Å². The average molecular weight is 402 g/mol. The van der Waals surface area contributed by atoms with Gasteiger partial charge in [-0.15, -0.1) is 0 Å². The number of ether oxygens (including phenoxy) is 1. The van der Waals surface area contributed by atoms with Crippen LogP contribution in [-0.2, 0) is 4.74 Å². The summed E-state index contributed by atoms with van der Waals surface area (Å²) in [7, 11) is 0. The predicted molar refractivity (Wildman–Crippen MR) is 119 cm³/mol. The van der Waals surface area contributed by atoms with Gasteiger partial charge in [-0.3, -0.25) is 0 Å². The van der Waals surface area contributed by atoms with Crippen LogP contribution in [0.4, 0.5) is 10.5 Å². The van der Waals surface area contributed by atoms with Gasteiger partial charge in [0.2, 0.25) is 0 Å². The highest BCUT2D eigenvalue weighted by Gasteiger charge is 2.19. The van der Waals surface area contributed by atoms with Gasteiger partial charge in [-0.2, -0.15) is 0 Å². The molecule has 0 fully saturated rings. The lowest BCUT2D eigenvalue weighted by Gasteiger charge is -2.20. The molecule has 3 rings (SSSR count). The summed E-state index contributed by atoms with van der Waals surface area (Å²) in [6, 6.07) is 25.6. The molecule has 0 atom stereocenters. The Kier molecular flexibility index (Phi) is 7.61. The van der Waals surface area contributed by atoms with Crippen molar-refractivity contribution >= 4 is 17.7 Å². The van der Waals surface area contributed by atoms with Gasteiger partial charge >= 0.3 is 12.0 Å². The minimum absolute atomic E-state index is 0.323. The Morgan fingerprint density at radius 1 is 0.833 bits per heavy atom. The number of hydrogen-bond donors (Lipinski definition) is 2. The summed E-state index contributed by atoms with van der Waals surface area (Å²) in [5.74, 6) is -0.443. The van der Waals surface area contributed by atoms with Gasteiger partial charge in [0.25, 0.3) is 0 Å². The normalized spacial score (nSPS) is 10.5. The second kappa shape index (κ2) is 10.8. The fourth-order valence-electron chi connectivity index (χ4n) is 3.10. The monoisotopic (exact) mass is 402 g/mol. The first kappa shape index (κ1) is 21.1. The number of unbranched alkanes of at least 4 members (excludes halogenated alkanes) is 1. The van der Waals surface area contributed by atoms with E-state index in [1.165, 1.54) is 0 Å². The minimum atomic E-state index is -0.443. The molecule has 0 aliphatic rings. The van der Waals surface area contributed by atoms with E-state index in [1.807, 2.05) is 67.6 Å². The highest BCUT2D eigenvalue weighted by Crippen LogP contribution is 2.22. The molecule has 0 aromatic heterocycles. The van der Waals surface area contributed by atoms with Gasteiger partial charge in [-0.05, 0) is 29.7 Å². The zero-order valence-electron chi connectivity index (χ0n) is 17.0. The Morgan fingerprint density at radius 2 is 1.40 bits per heavy atom. The SMILES string of the molecule is CCCCOC(=O)c1ccccc1NC(=O)NC(c1ccccc1)c1ccccc1. The van der Waals surface area contributed by atoms with Crippen molar-refractivity contribution < 1.29 is 14.3 Å². The number of carbonyl (C=O) groups is 2. The molecule has 0 aliphatic heterocycles. The number of rotatable bonds is 8. The Morgan fingerprint density at radius 3 is 2.00 bits per heavy atom. The lowest BCUT2D eigenvalue weighted by Crippen LogP contribution is -2.33. The first-order chi connectivity index (χ1) is 14.7. The summed E-state index contributed by atoms with van der Waals surface area (Å²) in [6.45, 7) is 2.39. The molecule has 0 bridgehead atoms. The van der Waals surface area contributed by atoms with Gasteiger partial charge in [0, 0.05) is 0 Å². The summed E-state index contributed by atoms with van der Waals surface area (Å²) in [5.41, 5.74) is 2.67. The molecule has 0 radical (unpaired) electrons. The third-order valence-electron chi connectivity index (χ3n) is 4.67. The van der Waals surface area contributed by atoms with Crippen LogP contribution in [0.2, 0.25) is 0 Å². The fraction of sp³-hybridized carbons (Fsp3) is 0.200. The van der Waals surface area contributed by atoms with Crippen molar-refractivity contribution in [2.24, 2.45) is 0 Å². The van der Waals surface area contributed by atoms with Crippen LogP contribution in [-0.4, -0.2) is 18.6 Å². The third kappa shape index (κ3) is 5.70. The van der Waals surface area contributed by atoms with E-state index in [9.17, 15) is 9.59 Å². The van der Waals surface area contributed by atoms with Gasteiger partial charge in [0.05, 0.1) is 23.9 Å². The molecule has 0 unspecified atom stereocenters. The minimum Gasteiger partial charge on any atom is -0.462 e. The largest absolute Gasteiger partial charge is 0.462 e. The summed E-state index contributed by atoms with van der Waals surface area (Å²) >= 11 is 0. The number of benzene rings is 3. The maximum absolute atomic E-state index is 12.8. The number of para-hydroxylation sites is 1. The molecular weight excluding hydrogens is 376 g/mol. The standard InChI is InChI=1S/C25H26N2O3/c1-2-3-18-30-24(28)21-16-10-11-17-22(21)26-25(29)27-23(19-12-6-4-7-13-19)20-14-8-5-9-15-20/h4-17,23H,2-3,18H2,1H3,(H2,26,27,29). The molecule has 5 nitrogen and oxygen atoms in total. The van der Waals surface area contributed by atoms with Gasteiger partial charge in [-0.1, -0.05) is 86.1 Å². The Hall–Kier alpha value is -3.60. The van der Waals surface area contributed by atoms with Crippen LogP contribution in [0, 0.1) is 0 Å². The van der Waals surface area contributed by atoms with E-state index in [-0.39, 0.29) is 6.04 Å². The second-order valence-corrected chi connectivity index (χ2v) is 6.89. The van der Waals surface area contributed by atoms with Gasteiger partial charge in [-0.25, -0.2) is 9.59 Å². The first-order valence-electron chi connectivity index (χ1n) is 10.1. The Bertz CT molecular complexity index is 919. The number of anilines is 1. The van der Waals surface area contributed by atoms with Crippen molar-refractivity contribution in [3.8, 4) is 0 Å². The number of urea groups is 1. The molecule has 0 spiro atoms. The van der Waals surface area contributed by atoms with E-state index in [1.54, 1.807) is 24.3 Å². The number of carbonyl (C=O) groups excluding carboxylic acids is 2. The highest BCUT2D eigenvalue weighted by atomic mass is 16.5. The maximum atomic E-state index is 12.8. The van der Waals surface area contributed by atoms with E-state index in [0.717, 1.165) is 24.0 Å². The smallest absolute Gasteiger partial charge is 0.340 e. The molecule has 3 aromatic rings. The quantitative estimate of drug-likeness (QED) is 0.383. The lowest BCUT2D eigenvalue weighted by atomic mass is 9.99. The van der Waals surface area contributed by atoms with Gasteiger partial charge in [0.1, 0.15) is 0 Å². The second-order valence-electron chi connectivity index (χ2n) is 6.89. The third-order valence-corrected chi connectivity index (χ3v) is 4.67. The summed E-state index contributed by atoms with van der Waals surface area (Å²) in [6.07, 6.45) is 1.74. The van der Waals surface area contributed by atoms with Crippen LogP contribution < -0.4 is 10.6 Å². The van der Waals surface area contributed by atoms with Crippen LogP contribution >= 0.6 is 0 Å². The summed E-state index contributed by atoms with van der Waals surface area (Å²) in [4.78, 5) is 25.2. The Balaban J connectivity index is 1.76. The summed E-state index contributed by atoms with van der Waals surface area (Å²) < 4.78 is 5.30. The van der Waals surface area contributed by atoms with Crippen LogP contribution in [0.15, 0.2) is 84.9 Å². The van der Waals surface area contributed by atoms with E-state index >= 15 is 0 Å². The topological polar surface area (TPSA) is 67.4 Å². The Labute approximate surface area is 177 Å². The van der Waals surface area contributed by atoms with Crippen molar-refractivity contribution in [2.75, 3.05) is 11.9 Å².